The van der Waals surface area contributed by atoms with Crippen molar-refractivity contribution >= 4 is 17.4 Å². The van der Waals surface area contributed by atoms with Crippen LogP contribution in [0.25, 0.3) is 0 Å². The molecule has 0 bridgehead atoms. The zero-order chi connectivity index (χ0) is 24.2. The van der Waals surface area contributed by atoms with Gasteiger partial charge in [0.25, 0.3) is 5.91 Å². The molecule has 1 heterocycles. The van der Waals surface area contributed by atoms with E-state index in [0.29, 0.717) is 53.2 Å². The van der Waals surface area contributed by atoms with Gasteiger partial charge >= 0.3 is 0 Å². The van der Waals surface area contributed by atoms with Crippen molar-refractivity contribution in [2.45, 2.75) is 6.92 Å². The number of hydrogen-bond donors (Lipinski definition) is 1. The van der Waals surface area contributed by atoms with Crippen LogP contribution < -0.4 is 29.0 Å². The molecule has 0 atom stereocenters. The number of aryl methyl sites for hydroxylation is 1. The quantitative estimate of drug-likeness (QED) is 0.523. The van der Waals surface area contributed by atoms with Gasteiger partial charge in [0.05, 0.1) is 32.6 Å². The Morgan fingerprint density at radius 2 is 1.38 bits per heavy atom. The lowest BCUT2D eigenvalue weighted by atomic mass is 9.99. The number of ether oxygens (including phenoxy) is 5. The third-order valence-corrected chi connectivity index (χ3v) is 5.42. The maximum absolute atomic E-state index is 13.4. The average Bonchev–Trinajstić information content (AvgIpc) is 2.87. The lowest BCUT2D eigenvalue weighted by molar-refractivity contribution is 0.102. The topological polar surface area (TPSA) is 92.3 Å². The van der Waals surface area contributed by atoms with Crippen molar-refractivity contribution in [3.8, 4) is 28.7 Å². The molecular weight excluding hydrogens is 438 g/mol. The largest absolute Gasteiger partial charge is 0.493 e. The lowest BCUT2D eigenvalue weighted by Crippen LogP contribution is -2.19. The van der Waals surface area contributed by atoms with Crippen LogP contribution in [-0.2, 0) is 0 Å². The molecule has 0 unspecified atom stereocenters. The number of amides is 1. The van der Waals surface area contributed by atoms with Crippen LogP contribution in [-0.4, -0.2) is 46.2 Å². The molecule has 176 valence electrons. The number of hydrogen-bond acceptors (Lipinski definition) is 7. The summed E-state index contributed by atoms with van der Waals surface area (Å²) in [4.78, 5) is 26.6. The van der Waals surface area contributed by atoms with Crippen molar-refractivity contribution < 1.29 is 33.3 Å². The standard InChI is InChI=1S/C26H25NO7/c1-15-5-7-16(8-6-15)24(28)18-13-20-21(34-10-9-33-20)14-19(18)27-26(29)17-11-22(30-2)25(32-4)23(12-17)31-3/h5-8,11-14H,9-10H2,1-4H3,(H,27,29). The summed E-state index contributed by atoms with van der Waals surface area (Å²) >= 11 is 0. The van der Waals surface area contributed by atoms with Gasteiger partial charge in [0, 0.05) is 17.2 Å². The molecule has 0 spiro atoms. The fourth-order valence-corrected chi connectivity index (χ4v) is 3.65. The Kier molecular flexibility index (Phi) is 6.58. The summed E-state index contributed by atoms with van der Waals surface area (Å²) in [7, 11) is 4.43. The Morgan fingerprint density at radius 3 is 1.94 bits per heavy atom. The summed E-state index contributed by atoms with van der Waals surface area (Å²) in [6.45, 7) is 2.70. The minimum Gasteiger partial charge on any atom is -0.493 e. The zero-order valence-electron chi connectivity index (χ0n) is 19.4. The molecular formula is C26H25NO7. The summed E-state index contributed by atoms with van der Waals surface area (Å²) < 4.78 is 27.4. The van der Waals surface area contributed by atoms with E-state index in [-0.39, 0.29) is 16.9 Å². The summed E-state index contributed by atoms with van der Waals surface area (Å²) in [6.07, 6.45) is 0. The van der Waals surface area contributed by atoms with Gasteiger partial charge in [0.1, 0.15) is 13.2 Å². The molecule has 0 radical (unpaired) electrons. The Balaban J connectivity index is 1.74. The van der Waals surface area contributed by atoms with E-state index in [1.807, 2.05) is 19.1 Å². The summed E-state index contributed by atoms with van der Waals surface area (Å²) in [5.41, 5.74) is 2.38. The second-order valence-corrected chi connectivity index (χ2v) is 7.60. The Hall–Kier alpha value is -4.20. The smallest absolute Gasteiger partial charge is 0.255 e. The van der Waals surface area contributed by atoms with Crippen LogP contribution >= 0.6 is 0 Å². The van der Waals surface area contributed by atoms with Crippen LogP contribution in [0, 0.1) is 6.92 Å². The lowest BCUT2D eigenvalue weighted by Gasteiger charge is -2.21. The second kappa shape index (κ2) is 9.74. The maximum atomic E-state index is 13.4. The van der Waals surface area contributed by atoms with Crippen LogP contribution in [0.2, 0.25) is 0 Å². The van der Waals surface area contributed by atoms with Gasteiger partial charge in [-0.15, -0.1) is 0 Å². The Bertz CT molecular complexity index is 1210. The summed E-state index contributed by atoms with van der Waals surface area (Å²) in [6, 6.07) is 13.5. The van der Waals surface area contributed by atoms with E-state index < -0.39 is 5.91 Å². The molecule has 0 saturated heterocycles. The van der Waals surface area contributed by atoms with Gasteiger partial charge in [-0.2, -0.15) is 0 Å². The zero-order valence-corrected chi connectivity index (χ0v) is 19.4. The number of benzene rings is 3. The molecule has 0 fully saturated rings. The highest BCUT2D eigenvalue weighted by atomic mass is 16.6. The summed E-state index contributed by atoms with van der Waals surface area (Å²) in [5, 5.41) is 2.83. The van der Waals surface area contributed by atoms with Crippen molar-refractivity contribution in [1.82, 2.24) is 0 Å². The molecule has 8 heteroatoms. The predicted octanol–water partition coefficient (Wildman–Crippen LogP) is 4.28. The van der Waals surface area contributed by atoms with Crippen LogP contribution in [0.4, 0.5) is 5.69 Å². The highest BCUT2D eigenvalue weighted by Gasteiger charge is 2.23. The molecule has 0 saturated carbocycles. The van der Waals surface area contributed by atoms with Gasteiger partial charge in [0.15, 0.2) is 28.8 Å². The molecule has 3 aromatic carbocycles. The van der Waals surface area contributed by atoms with Crippen molar-refractivity contribution in [3.63, 3.8) is 0 Å². The number of nitrogens with one attached hydrogen (secondary N) is 1. The first-order valence-electron chi connectivity index (χ1n) is 10.6. The van der Waals surface area contributed by atoms with E-state index in [4.69, 9.17) is 23.7 Å². The highest BCUT2D eigenvalue weighted by molar-refractivity contribution is 6.16. The van der Waals surface area contributed by atoms with E-state index in [9.17, 15) is 9.59 Å². The molecule has 1 amide bonds. The van der Waals surface area contributed by atoms with E-state index in [1.54, 1.807) is 24.3 Å². The predicted molar refractivity (Wildman–Crippen MR) is 126 cm³/mol. The van der Waals surface area contributed by atoms with E-state index in [2.05, 4.69) is 5.32 Å². The van der Waals surface area contributed by atoms with Crippen LogP contribution in [0.3, 0.4) is 0 Å². The number of anilines is 1. The fraction of sp³-hybridized carbons (Fsp3) is 0.231. The maximum Gasteiger partial charge on any atom is 0.255 e. The molecule has 1 aliphatic rings. The first kappa shape index (κ1) is 23.0. The summed E-state index contributed by atoms with van der Waals surface area (Å²) in [5.74, 6) is 1.23. The van der Waals surface area contributed by atoms with Crippen LogP contribution in [0.15, 0.2) is 48.5 Å². The first-order valence-corrected chi connectivity index (χ1v) is 10.6. The van der Waals surface area contributed by atoms with Gasteiger partial charge in [0.2, 0.25) is 5.75 Å². The number of methoxy groups -OCH3 is 3. The van der Waals surface area contributed by atoms with E-state index in [1.165, 1.54) is 33.5 Å². The number of rotatable bonds is 7. The van der Waals surface area contributed by atoms with Crippen molar-refractivity contribution in [1.29, 1.82) is 0 Å². The SMILES string of the molecule is COc1cc(C(=O)Nc2cc3c(cc2C(=O)c2ccc(C)cc2)OCCO3)cc(OC)c1OC. The molecule has 1 aliphatic heterocycles. The van der Waals surface area contributed by atoms with E-state index in [0.717, 1.165) is 5.56 Å². The molecule has 1 N–H and O–H groups in total. The number of carbonyl (C=O) groups excluding carboxylic acids is 2. The van der Waals surface area contributed by atoms with Crippen molar-refractivity contribution in [2.24, 2.45) is 0 Å². The number of fused-ring (bicyclic) bond motifs is 1. The third kappa shape index (κ3) is 4.47. The van der Waals surface area contributed by atoms with Gasteiger partial charge in [-0.1, -0.05) is 29.8 Å². The third-order valence-electron chi connectivity index (χ3n) is 5.42. The second-order valence-electron chi connectivity index (χ2n) is 7.60. The fourth-order valence-electron chi connectivity index (χ4n) is 3.65. The van der Waals surface area contributed by atoms with Gasteiger partial charge in [-0.3, -0.25) is 9.59 Å². The molecule has 34 heavy (non-hydrogen) atoms. The molecule has 3 aromatic rings. The Morgan fingerprint density at radius 1 is 0.794 bits per heavy atom. The van der Waals surface area contributed by atoms with Crippen molar-refractivity contribution in [3.05, 3.63) is 70.8 Å². The normalized spacial score (nSPS) is 12.0. The molecule has 4 rings (SSSR count). The van der Waals surface area contributed by atoms with Crippen LogP contribution in [0.1, 0.15) is 31.8 Å². The van der Waals surface area contributed by atoms with Gasteiger partial charge in [-0.25, -0.2) is 0 Å². The van der Waals surface area contributed by atoms with Gasteiger partial charge in [-0.05, 0) is 25.1 Å². The minimum absolute atomic E-state index is 0.253. The van der Waals surface area contributed by atoms with E-state index >= 15 is 0 Å². The highest BCUT2D eigenvalue weighted by Crippen LogP contribution is 2.39. The number of ketones is 1. The molecule has 0 aromatic heterocycles. The molecule has 0 aliphatic carbocycles. The van der Waals surface area contributed by atoms with Crippen LogP contribution in [0.5, 0.6) is 28.7 Å². The van der Waals surface area contributed by atoms with Crippen molar-refractivity contribution in [2.75, 3.05) is 39.9 Å². The van der Waals surface area contributed by atoms with Gasteiger partial charge < -0.3 is 29.0 Å². The minimum atomic E-state index is -0.464. The molecule has 8 nitrogen and oxygen atoms in total. The monoisotopic (exact) mass is 463 g/mol. The number of carbonyl (C=O) groups is 2. The Labute approximate surface area is 197 Å². The average molecular weight is 463 g/mol. The first-order chi connectivity index (χ1) is 16.4.